The van der Waals surface area contributed by atoms with Crippen molar-refractivity contribution in [3.8, 4) is 16.9 Å². The van der Waals surface area contributed by atoms with Gasteiger partial charge in [-0.15, -0.1) is 0 Å². The molecule has 2 fully saturated rings. The average Bonchev–Trinajstić information content (AvgIpc) is 3.68. The van der Waals surface area contributed by atoms with E-state index in [1.54, 1.807) is 11.0 Å². The number of hydrogen-bond acceptors (Lipinski definition) is 6. The molecule has 2 heterocycles. The lowest BCUT2D eigenvalue weighted by Crippen LogP contribution is -2.37. The second-order valence-electron chi connectivity index (χ2n) is 13.5. The van der Waals surface area contributed by atoms with Crippen LogP contribution in [-0.4, -0.2) is 47.0 Å². The van der Waals surface area contributed by atoms with Crippen LogP contribution in [0.3, 0.4) is 0 Å². The molecule has 1 aromatic heterocycles. The van der Waals surface area contributed by atoms with Crippen molar-refractivity contribution in [1.82, 2.24) is 14.9 Å². The number of hydrogen-bond donors (Lipinski definition) is 1. The van der Waals surface area contributed by atoms with E-state index in [1.807, 2.05) is 39.0 Å². The van der Waals surface area contributed by atoms with Crippen molar-refractivity contribution in [2.45, 2.75) is 89.8 Å². The number of aromatic amines is 1. The lowest BCUT2D eigenvalue weighted by molar-refractivity contribution is -0.0500. The van der Waals surface area contributed by atoms with Crippen LogP contribution in [0.25, 0.3) is 22.2 Å². The molecule has 1 amide bonds. The fourth-order valence-corrected chi connectivity index (χ4v) is 7.54. The molecular formula is C31H36F3N3O5S. The summed E-state index contributed by atoms with van der Waals surface area (Å²) < 4.78 is 73.7. The standard InChI is InChI=1S/C31H36F3N3O5S/c1-18-13-25(37(17-18)28(38)41-29(2,3)4)27-35-23-9-7-19(14-24(23)36-27)20-8-10-26(42-43(39,40)31(32,33)34)22-16-30(15-21(20)22)11-5-6-12-30/h7-10,14,18,25H,5-6,11-13,15-17H2,1-4H3,(H,35,36)/t18-,25-/m0/s1. The number of nitrogens with one attached hydrogen (secondary N) is 1. The number of H-pyrrole nitrogens is 1. The molecular weight excluding hydrogens is 583 g/mol. The maximum atomic E-state index is 13.2. The summed E-state index contributed by atoms with van der Waals surface area (Å²) in [6.45, 7) is 8.15. The molecule has 1 aliphatic heterocycles. The van der Waals surface area contributed by atoms with Crippen molar-refractivity contribution < 1.29 is 35.3 Å². The highest BCUT2D eigenvalue weighted by atomic mass is 32.2. The lowest BCUT2D eigenvalue weighted by Gasteiger charge is -2.27. The Kier molecular flexibility index (Phi) is 7.02. The number of fused-ring (bicyclic) bond motifs is 2. The highest BCUT2D eigenvalue weighted by molar-refractivity contribution is 7.88. The van der Waals surface area contributed by atoms with E-state index in [9.17, 15) is 26.4 Å². The minimum atomic E-state index is -5.79. The summed E-state index contributed by atoms with van der Waals surface area (Å²) >= 11 is 0. The topological polar surface area (TPSA) is 102 Å². The molecule has 0 bridgehead atoms. The Bertz CT molecular complexity index is 1690. The summed E-state index contributed by atoms with van der Waals surface area (Å²) in [6, 6.07) is 8.47. The largest absolute Gasteiger partial charge is 0.534 e. The highest BCUT2D eigenvalue weighted by Gasteiger charge is 2.50. The molecule has 1 spiro atoms. The molecule has 3 aliphatic rings. The summed E-state index contributed by atoms with van der Waals surface area (Å²) in [5.41, 5.74) is -1.72. The molecule has 232 valence electrons. The van der Waals surface area contributed by atoms with Crippen molar-refractivity contribution in [2.75, 3.05) is 6.54 Å². The van der Waals surface area contributed by atoms with Gasteiger partial charge >= 0.3 is 21.7 Å². The van der Waals surface area contributed by atoms with Gasteiger partial charge in [0.2, 0.25) is 0 Å². The van der Waals surface area contributed by atoms with Gasteiger partial charge in [0.25, 0.3) is 0 Å². The zero-order valence-electron chi connectivity index (χ0n) is 24.7. The van der Waals surface area contributed by atoms with Crippen LogP contribution in [0.4, 0.5) is 18.0 Å². The van der Waals surface area contributed by atoms with Crippen LogP contribution in [0.2, 0.25) is 0 Å². The lowest BCUT2D eigenvalue weighted by atomic mass is 9.83. The van der Waals surface area contributed by atoms with Crippen molar-refractivity contribution in [2.24, 2.45) is 11.3 Å². The summed E-state index contributed by atoms with van der Waals surface area (Å²) in [5.74, 6) is 0.689. The first-order valence-electron chi connectivity index (χ1n) is 14.7. The number of aromatic nitrogens is 2. The van der Waals surface area contributed by atoms with Crippen LogP contribution < -0.4 is 4.18 Å². The van der Waals surface area contributed by atoms with Gasteiger partial charge < -0.3 is 13.9 Å². The molecule has 8 nitrogen and oxygen atoms in total. The molecule has 3 aromatic rings. The molecule has 12 heteroatoms. The van der Waals surface area contributed by atoms with E-state index in [0.717, 1.165) is 59.8 Å². The number of rotatable bonds is 4. The third kappa shape index (κ3) is 5.58. The third-order valence-electron chi connectivity index (χ3n) is 8.90. The second-order valence-corrected chi connectivity index (χ2v) is 15.0. The summed E-state index contributed by atoms with van der Waals surface area (Å²) in [7, 11) is -5.79. The molecule has 2 aliphatic carbocycles. The number of imidazole rings is 1. The first kappa shape index (κ1) is 29.8. The van der Waals surface area contributed by atoms with Gasteiger partial charge in [-0.3, -0.25) is 4.90 Å². The quantitative estimate of drug-likeness (QED) is 0.241. The van der Waals surface area contributed by atoms with E-state index in [-0.39, 0.29) is 29.2 Å². The Morgan fingerprint density at radius 3 is 2.44 bits per heavy atom. The number of nitrogens with zero attached hydrogens (tertiary/aromatic N) is 2. The van der Waals surface area contributed by atoms with Crippen LogP contribution >= 0.6 is 0 Å². The van der Waals surface area contributed by atoms with Gasteiger partial charge in [0.05, 0.1) is 17.1 Å². The number of benzene rings is 2. The van der Waals surface area contributed by atoms with Crippen LogP contribution in [0.1, 0.15) is 82.8 Å². The monoisotopic (exact) mass is 619 g/mol. The van der Waals surface area contributed by atoms with Gasteiger partial charge in [0.1, 0.15) is 17.2 Å². The summed E-state index contributed by atoms with van der Waals surface area (Å²) in [6.07, 6.45) is 5.42. The molecule has 1 saturated carbocycles. The summed E-state index contributed by atoms with van der Waals surface area (Å²) in [5, 5.41) is 0. The van der Waals surface area contributed by atoms with Crippen LogP contribution in [0, 0.1) is 11.3 Å². The van der Waals surface area contributed by atoms with Crippen molar-refractivity contribution in [1.29, 1.82) is 0 Å². The van der Waals surface area contributed by atoms with Gasteiger partial charge in [-0.1, -0.05) is 31.9 Å². The maximum Gasteiger partial charge on any atom is 0.534 e. The maximum absolute atomic E-state index is 13.2. The Morgan fingerprint density at radius 1 is 1.07 bits per heavy atom. The van der Waals surface area contributed by atoms with Gasteiger partial charge in [-0.25, -0.2) is 9.78 Å². The van der Waals surface area contributed by atoms with Crippen molar-refractivity contribution in [3.63, 3.8) is 0 Å². The molecule has 43 heavy (non-hydrogen) atoms. The van der Waals surface area contributed by atoms with E-state index in [1.165, 1.54) is 6.07 Å². The van der Waals surface area contributed by atoms with Crippen LogP contribution in [0.15, 0.2) is 30.3 Å². The molecule has 1 N–H and O–H groups in total. The van der Waals surface area contributed by atoms with E-state index in [2.05, 4.69) is 11.9 Å². The molecule has 2 aromatic carbocycles. The number of likely N-dealkylation sites (tertiary alicyclic amines) is 1. The highest BCUT2D eigenvalue weighted by Crippen LogP contribution is 2.53. The predicted molar refractivity (Wildman–Crippen MR) is 155 cm³/mol. The number of ether oxygens (including phenoxy) is 1. The predicted octanol–water partition coefficient (Wildman–Crippen LogP) is 7.44. The smallest absolute Gasteiger partial charge is 0.444 e. The number of amides is 1. The zero-order chi connectivity index (χ0) is 30.9. The molecule has 2 atom stereocenters. The van der Waals surface area contributed by atoms with Crippen LogP contribution in [-0.2, 0) is 27.7 Å². The van der Waals surface area contributed by atoms with Gasteiger partial charge in [-0.2, -0.15) is 21.6 Å². The minimum absolute atomic E-state index is 0.103. The third-order valence-corrected chi connectivity index (χ3v) is 9.87. The Hall–Kier alpha value is -3.28. The van der Waals surface area contributed by atoms with Gasteiger partial charge in [-0.05, 0) is 99.1 Å². The van der Waals surface area contributed by atoms with E-state index in [0.29, 0.717) is 30.8 Å². The number of carbonyl (C=O) groups excluding carboxylic acids is 1. The summed E-state index contributed by atoms with van der Waals surface area (Å²) in [4.78, 5) is 22.9. The normalized spacial score (nSPS) is 22.0. The zero-order valence-corrected chi connectivity index (χ0v) is 25.5. The number of alkyl halides is 3. The van der Waals surface area contributed by atoms with E-state index < -0.39 is 21.2 Å². The molecule has 0 unspecified atom stereocenters. The fraction of sp³-hybridized carbons (Fsp3) is 0.548. The fourth-order valence-electron chi connectivity index (χ4n) is 7.05. The average molecular weight is 620 g/mol. The SMILES string of the molecule is C[C@H]1C[C@@H](c2nc3ccc(-c4ccc(OS(=O)(=O)C(F)(F)F)c5c4CC4(CCCC4)C5)cc3[nH]2)N(C(=O)OC(C)(C)C)C1. The Balaban J connectivity index is 1.36. The number of carbonyl (C=O) groups is 1. The first-order chi connectivity index (χ1) is 20.0. The second kappa shape index (κ2) is 10.1. The van der Waals surface area contributed by atoms with Crippen molar-refractivity contribution in [3.05, 3.63) is 47.3 Å². The Morgan fingerprint density at radius 2 is 1.77 bits per heavy atom. The van der Waals surface area contributed by atoms with Crippen LogP contribution in [0.5, 0.6) is 5.75 Å². The minimum Gasteiger partial charge on any atom is -0.444 e. The number of halogens is 3. The molecule has 0 radical (unpaired) electrons. The first-order valence-corrected chi connectivity index (χ1v) is 16.1. The van der Waals surface area contributed by atoms with E-state index >= 15 is 0 Å². The molecule has 1 saturated heterocycles. The molecule has 6 rings (SSSR count). The van der Waals surface area contributed by atoms with Gasteiger partial charge in [0.15, 0.2) is 0 Å². The van der Waals surface area contributed by atoms with E-state index in [4.69, 9.17) is 13.9 Å². The Labute approximate surface area is 249 Å². The van der Waals surface area contributed by atoms with Crippen molar-refractivity contribution >= 4 is 27.2 Å². The van der Waals surface area contributed by atoms with Gasteiger partial charge in [0, 0.05) is 12.1 Å².